The van der Waals surface area contributed by atoms with Gasteiger partial charge in [0.2, 0.25) is 11.8 Å². The van der Waals surface area contributed by atoms with Gasteiger partial charge in [0.05, 0.1) is 19.1 Å². The second-order valence-corrected chi connectivity index (χ2v) is 7.55. The molecule has 2 aliphatic rings. The van der Waals surface area contributed by atoms with Crippen molar-refractivity contribution < 1.29 is 18.7 Å². The van der Waals surface area contributed by atoms with E-state index in [2.05, 4.69) is 10.2 Å². The fraction of sp³-hybridized carbons (Fsp3) is 0.619. The van der Waals surface area contributed by atoms with Crippen molar-refractivity contribution in [2.24, 2.45) is 5.92 Å². The van der Waals surface area contributed by atoms with E-state index >= 15 is 0 Å². The van der Waals surface area contributed by atoms with Gasteiger partial charge in [0.1, 0.15) is 5.82 Å². The third-order valence-corrected chi connectivity index (χ3v) is 5.48. The number of hydrogen-bond donors (Lipinski definition) is 1. The average Bonchev–Trinajstić information content (AvgIpc) is 2.70. The van der Waals surface area contributed by atoms with Crippen molar-refractivity contribution in [2.75, 3.05) is 52.5 Å². The summed E-state index contributed by atoms with van der Waals surface area (Å²) in [6.07, 6.45) is 2.54. The van der Waals surface area contributed by atoms with Crippen LogP contribution in [-0.2, 0) is 20.7 Å². The fourth-order valence-corrected chi connectivity index (χ4v) is 3.82. The Morgan fingerprint density at radius 1 is 1.25 bits per heavy atom. The Kier molecular flexibility index (Phi) is 7.80. The number of nitrogens with zero attached hydrogens (tertiary/aromatic N) is 2. The molecule has 1 aromatic rings. The quantitative estimate of drug-likeness (QED) is 0.729. The van der Waals surface area contributed by atoms with Crippen molar-refractivity contribution in [1.82, 2.24) is 15.1 Å². The van der Waals surface area contributed by atoms with Gasteiger partial charge in [-0.15, -0.1) is 0 Å². The zero-order chi connectivity index (χ0) is 19.8. The topological polar surface area (TPSA) is 61.9 Å². The number of rotatable bonds is 8. The Hall–Kier alpha value is -1.99. The molecule has 2 heterocycles. The molecule has 1 aromatic carbocycles. The zero-order valence-electron chi connectivity index (χ0n) is 16.4. The summed E-state index contributed by atoms with van der Waals surface area (Å²) in [4.78, 5) is 28.9. The van der Waals surface area contributed by atoms with Crippen LogP contribution in [0.25, 0.3) is 0 Å². The Morgan fingerprint density at radius 3 is 2.86 bits per heavy atom. The number of ether oxygens (including phenoxy) is 1. The van der Waals surface area contributed by atoms with E-state index in [0.29, 0.717) is 38.9 Å². The summed E-state index contributed by atoms with van der Waals surface area (Å²) >= 11 is 0. The van der Waals surface area contributed by atoms with E-state index in [1.807, 2.05) is 11.0 Å². The van der Waals surface area contributed by atoms with Gasteiger partial charge in [-0.25, -0.2) is 4.39 Å². The second kappa shape index (κ2) is 10.5. The van der Waals surface area contributed by atoms with Gasteiger partial charge in [0.25, 0.3) is 0 Å². The predicted molar refractivity (Wildman–Crippen MR) is 104 cm³/mol. The molecule has 2 saturated heterocycles. The van der Waals surface area contributed by atoms with Crippen molar-refractivity contribution in [2.45, 2.75) is 25.7 Å². The molecule has 0 radical (unpaired) electrons. The molecule has 7 heteroatoms. The highest BCUT2D eigenvalue weighted by atomic mass is 19.1. The molecule has 0 aliphatic carbocycles. The molecular formula is C21H30FN3O3. The molecule has 1 atom stereocenters. The van der Waals surface area contributed by atoms with Gasteiger partial charge in [-0.3, -0.25) is 14.5 Å². The minimum absolute atomic E-state index is 0.0120. The van der Waals surface area contributed by atoms with E-state index in [9.17, 15) is 14.0 Å². The molecule has 154 valence electrons. The van der Waals surface area contributed by atoms with Crippen LogP contribution in [0, 0.1) is 11.7 Å². The first-order valence-corrected chi connectivity index (χ1v) is 10.2. The SMILES string of the molecule is O=C(NCCc1cccc(F)c1)[C@@H]1CCC(=O)N(CCCN2CCOCC2)C1. The minimum Gasteiger partial charge on any atom is -0.379 e. The molecular weight excluding hydrogens is 361 g/mol. The van der Waals surface area contributed by atoms with E-state index in [1.54, 1.807) is 6.07 Å². The first-order valence-electron chi connectivity index (χ1n) is 10.2. The number of piperidine rings is 1. The smallest absolute Gasteiger partial charge is 0.224 e. The summed E-state index contributed by atoms with van der Waals surface area (Å²) in [6, 6.07) is 6.43. The summed E-state index contributed by atoms with van der Waals surface area (Å²) < 4.78 is 18.6. The maximum Gasteiger partial charge on any atom is 0.224 e. The minimum atomic E-state index is -0.262. The van der Waals surface area contributed by atoms with Crippen LogP contribution in [0.3, 0.4) is 0 Å². The van der Waals surface area contributed by atoms with Crippen LogP contribution in [0.5, 0.6) is 0 Å². The normalized spacial score (nSPS) is 21.0. The van der Waals surface area contributed by atoms with E-state index in [0.717, 1.165) is 44.8 Å². The van der Waals surface area contributed by atoms with Gasteiger partial charge in [0.15, 0.2) is 0 Å². The van der Waals surface area contributed by atoms with E-state index in [1.165, 1.54) is 12.1 Å². The Morgan fingerprint density at radius 2 is 2.07 bits per heavy atom. The van der Waals surface area contributed by atoms with Gasteiger partial charge < -0.3 is 15.0 Å². The summed E-state index contributed by atoms with van der Waals surface area (Å²) in [5.74, 6) is -0.288. The standard InChI is InChI=1S/C21H30FN3O3/c22-19-4-1-3-17(15-19)7-8-23-21(27)18-5-6-20(26)25(16-18)10-2-9-24-11-13-28-14-12-24/h1,3-4,15,18H,2,5-14,16H2,(H,23,27)/t18-/m1/s1. The van der Waals surface area contributed by atoms with Crippen molar-refractivity contribution in [1.29, 1.82) is 0 Å². The van der Waals surface area contributed by atoms with Crippen LogP contribution in [0.15, 0.2) is 24.3 Å². The molecule has 2 amide bonds. The van der Waals surface area contributed by atoms with Crippen molar-refractivity contribution in [3.63, 3.8) is 0 Å². The highest BCUT2D eigenvalue weighted by Crippen LogP contribution is 2.18. The first kappa shape index (κ1) is 20.7. The molecule has 3 rings (SSSR count). The highest BCUT2D eigenvalue weighted by molar-refractivity contribution is 5.83. The van der Waals surface area contributed by atoms with Crippen LogP contribution < -0.4 is 5.32 Å². The van der Waals surface area contributed by atoms with Crippen LogP contribution in [-0.4, -0.2) is 74.1 Å². The lowest BCUT2D eigenvalue weighted by molar-refractivity contribution is -0.138. The van der Waals surface area contributed by atoms with Gasteiger partial charge in [-0.1, -0.05) is 12.1 Å². The average molecular weight is 391 g/mol. The lowest BCUT2D eigenvalue weighted by Crippen LogP contribution is -2.47. The lowest BCUT2D eigenvalue weighted by atomic mass is 9.96. The summed E-state index contributed by atoms with van der Waals surface area (Å²) in [6.45, 7) is 6.08. The maximum absolute atomic E-state index is 13.2. The number of likely N-dealkylation sites (tertiary alicyclic amines) is 1. The molecule has 6 nitrogen and oxygen atoms in total. The number of benzene rings is 1. The van der Waals surface area contributed by atoms with Crippen LogP contribution >= 0.6 is 0 Å². The summed E-state index contributed by atoms with van der Waals surface area (Å²) in [7, 11) is 0. The fourth-order valence-electron chi connectivity index (χ4n) is 3.82. The first-order chi connectivity index (χ1) is 13.6. The van der Waals surface area contributed by atoms with Gasteiger partial charge >= 0.3 is 0 Å². The van der Waals surface area contributed by atoms with Crippen molar-refractivity contribution >= 4 is 11.8 Å². The molecule has 2 fully saturated rings. The largest absolute Gasteiger partial charge is 0.379 e. The molecule has 0 unspecified atom stereocenters. The maximum atomic E-state index is 13.2. The molecule has 0 bridgehead atoms. The molecule has 0 aromatic heterocycles. The third kappa shape index (κ3) is 6.27. The Labute approximate surface area is 166 Å². The van der Waals surface area contributed by atoms with Gasteiger partial charge in [0, 0.05) is 45.7 Å². The molecule has 28 heavy (non-hydrogen) atoms. The van der Waals surface area contributed by atoms with E-state index < -0.39 is 0 Å². The van der Waals surface area contributed by atoms with Gasteiger partial charge in [-0.2, -0.15) is 0 Å². The lowest BCUT2D eigenvalue weighted by Gasteiger charge is -2.33. The van der Waals surface area contributed by atoms with Crippen LogP contribution in [0.2, 0.25) is 0 Å². The number of carbonyl (C=O) groups excluding carboxylic acids is 2. The summed E-state index contributed by atoms with van der Waals surface area (Å²) in [5.41, 5.74) is 0.865. The number of amides is 2. The molecule has 0 spiro atoms. The van der Waals surface area contributed by atoms with E-state index in [4.69, 9.17) is 4.74 Å². The van der Waals surface area contributed by atoms with Crippen molar-refractivity contribution in [3.8, 4) is 0 Å². The molecule has 1 N–H and O–H groups in total. The number of hydrogen-bond acceptors (Lipinski definition) is 4. The Bertz CT molecular complexity index is 664. The summed E-state index contributed by atoms with van der Waals surface area (Å²) in [5, 5.41) is 2.94. The predicted octanol–water partition coefficient (Wildman–Crippen LogP) is 1.45. The van der Waals surface area contributed by atoms with Crippen LogP contribution in [0.4, 0.5) is 4.39 Å². The zero-order valence-corrected chi connectivity index (χ0v) is 16.4. The van der Waals surface area contributed by atoms with Crippen molar-refractivity contribution in [3.05, 3.63) is 35.6 Å². The number of carbonyl (C=O) groups is 2. The Balaban J connectivity index is 1.38. The van der Waals surface area contributed by atoms with Crippen LogP contribution in [0.1, 0.15) is 24.8 Å². The highest BCUT2D eigenvalue weighted by Gasteiger charge is 2.29. The molecule has 2 aliphatic heterocycles. The number of halogens is 1. The number of morpholine rings is 1. The van der Waals surface area contributed by atoms with E-state index in [-0.39, 0.29) is 23.5 Å². The second-order valence-electron chi connectivity index (χ2n) is 7.55. The monoisotopic (exact) mass is 391 g/mol. The third-order valence-electron chi connectivity index (χ3n) is 5.48. The molecule has 0 saturated carbocycles. The van der Waals surface area contributed by atoms with Gasteiger partial charge in [-0.05, 0) is 37.0 Å². The number of nitrogens with one attached hydrogen (secondary N) is 1.